The Bertz CT molecular complexity index is 546. The Labute approximate surface area is 103 Å². The van der Waals surface area contributed by atoms with Gasteiger partial charge in [0.05, 0.1) is 0 Å². The fourth-order valence-corrected chi connectivity index (χ4v) is 2.71. The van der Waals surface area contributed by atoms with Crippen molar-refractivity contribution in [1.29, 1.82) is 0 Å². The number of fused-ring (bicyclic) bond motifs is 1. The first-order valence-corrected chi connectivity index (χ1v) is 6.18. The van der Waals surface area contributed by atoms with Gasteiger partial charge in [0.25, 0.3) is 0 Å². The molecule has 0 aromatic heterocycles. The van der Waals surface area contributed by atoms with Gasteiger partial charge < -0.3 is 4.90 Å². The summed E-state index contributed by atoms with van der Waals surface area (Å²) in [6, 6.07) is 8.63. The zero-order chi connectivity index (χ0) is 11.8. The Kier molecular flexibility index (Phi) is 2.40. The van der Waals surface area contributed by atoms with Gasteiger partial charge in [-0.05, 0) is 43.1 Å². The Morgan fingerprint density at radius 1 is 1.18 bits per heavy atom. The number of para-hydroxylation sites is 1. The summed E-state index contributed by atoms with van der Waals surface area (Å²) in [6.07, 6.45) is 9.19. The SMILES string of the molecule is CC1=CC2=C(C=CCC2)N(C)c2ccccc21. The maximum atomic E-state index is 2.35. The van der Waals surface area contributed by atoms with E-state index in [1.54, 1.807) is 0 Å². The van der Waals surface area contributed by atoms with Gasteiger partial charge in [0, 0.05) is 24.0 Å². The van der Waals surface area contributed by atoms with Gasteiger partial charge in [-0.2, -0.15) is 0 Å². The molecule has 0 N–H and O–H groups in total. The molecule has 0 radical (unpaired) electrons. The number of rotatable bonds is 0. The summed E-state index contributed by atoms with van der Waals surface area (Å²) in [5, 5.41) is 0. The summed E-state index contributed by atoms with van der Waals surface area (Å²) in [4.78, 5) is 2.31. The van der Waals surface area contributed by atoms with E-state index in [1.165, 1.54) is 28.1 Å². The number of allylic oxidation sites excluding steroid dienone is 5. The molecule has 0 spiro atoms. The van der Waals surface area contributed by atoms with E-state index >= 15 is 0 Å². The molecule has 0 fully saturated rings. The van der Waals surface area contributed by atoms with E-state index in [-0.39, 0.29) is 0 Å². The maximum Gasteiger partial charge on any atom is 0.0484 e. The topological polar surface area (TPSA) is 3.24 Å². The molecule has 1 aliphatic carbocycles. The van der Waals surface area contributed by atoms with Gasteiger partial charge in [0.2, 0.25) is 0 Å². The van der Waals surface area contributed by atoms with E-state index in [1.807, 2.05) is 0 Å². The quantitative estimate of drug-likeness (QED) is 0.639. The zero-order valence-corrected chi connectivity index (χ0v) is 10.4. The number of hydrogen-bond acceptors (Lipinski definition) is 1. The summed E-state index contributed by atoms with van der Waals surface area (Å²) < 4.78 is 0. The average molecular weight is 223 g/mol. The predicted molar refractivity (Wildman–Crippen MR) is 73.9 cm³/mol. The normalized spacial score (nSPS) is 18.5. The van der Waals surface area contributed by atoms with Crippen LogP contribution in [0.15, 0.2) is 53.8 Å². The van der Waals surface area contributed by atoms with Crippen molar-refractivity contribution < 1.29 is 0 Å². The number of likely N-dealkylation sites (N-methyl/N-ethyl adjacent to an activating group) is 1. The van der Waals surface area contributed by atoms with Crippen molar-refractivity contribution in [3.05, 3.63) is 59.3 Å². The summed E-state index contributed by atoms with van der Waals surface area (Å²) in [5.74, 6) is 0. The van der Waals surface area contributed by atoms with E-state index in [4.69, 9.17) is 0 Å². The van der Waals surface area contributed by atoms with Crippen LogP contribution in [-0.2, 0) is 0 Å². The third-order valence-corrected chi connectivity index (χ3v) is 3.63. The van der Waals surface area contributed by atoms with Crippen LogP contribution in [0.5, 0.6) is 0 Å². The highest BCUT2D eigenvalue weighted by atomic mass is 15.1. The van der Waals surface area contributed by atoms with Crippen LogP contribution in [0.25, 0.3) is 5.57 Å². The summed E-state index contributed by atoms with van der Waals surface area (Å²) in [5.41, 5.74) is 6.83. The smallest absolute Gasteiger partial charge is 0.0484 e. The van der Waals surface area contributed by atoms with Crippen molar-refractivity contribution in [1.82, 2.24) is 0 Å². The number of benzene rings is 1. The first kappa shape index (κ1) is 10.4. The molecule has 17 heavy (non-hydrogen) atoms. The van der Waals surface area contributed by atoms with Crippen molar-refractivity contribution in [2.45, 2.75) is 19.8 Å². The molecule has 0 bridgehead atoms. The predicted octanol–water partition coefficient (Wildman–Crippen LogP) is 4.14. The van der Waals surface area contributed by atoms with Crippen molar-refractivity contribution in [2.24, 2.45) is 0 Å². The molecule has 0 atom stereocenters. The van der Waals surface area contributed by atoms with E-state index in [0.29, 0.717) is 0 Å². The van der Waals surface area contributed by atoms with E-state index in [9.17, 15) is 0 Å². The van der Waals surface area contributed by atoms with E-state index in [0.717, 1.165) is 12.8 Å². The van der Waals surface area contributed by atoms with Gasteiger partial charge in [-0.25, -0.2) is 0 Å². The van der Waals surface area contributed by atoms with Crippen LogP contribution in [0, 0.1) is 0 Å². The lowest BCUT2D eigenvalue weighted by atomic mass is 9.99. The zero-order valence-electron chi connectivity index (χ0n) is 10.4. The fraction of sp³-hybridized carbons (Fsp3) is 0.250. The standard InChI is InChI=1S/C16H17N/c1-12-11-13-7-3-5-9-15(13)17(2)16-10-6-4-8-14(12)16/h4-6,8-11H,3,7H2,1-2H3. The van der Waals surface area contributed by atoms with Crippen LogP contribution >= 0.6 is 0 Å². The molecule has 1 heteroatoms. The first-order valence-electron chi connectivity index (χ1n) is 6.18. The number of nitrogens with zero attached hydrogens (tertiary/aromatic N) is 1. The third kappa shape index (κ3) is 1.62. The van der Waals surface area contributed by atoms with Crippen molar-refractivity contribution in [3.63, 3.8) is 0 Å². The van der Waals surface area contributed by atoms with Crippen molar-refractivity contribution >= 4 is 11.3 Å². The van der Waals surface area contributed by atoms with Crippen LogP contribution in [0.4, 0.5) is 5.69 Å². The molecule has 2 aliphatic rings. The minimum absolute atomic E-state index is 1.15. The molecule has 0 saturated carbocycles. The fourth-order valence-electron chi connectivity index (χ4n) is 2.71. The maximum absolute atomic E-state index is 2.35. The molecule has 1 aromatic carbocycles. The molecule has 0 saturated heterocycles. The molecule has 1 heterocycles. The molecule has 86 valence electrons. The lowest BCUT2D eigenvalue weighted by Crippen LogP contribution is -2.17. The molecule has 1 nitrogen and oxygen atoms in total. The Hall–Kier alpha value is -1.76. The van der Waals surface area contributed by atoms with Gasteiger partial charge in [-0.15, -0.1) is 0 Å². The summed E-state index contributed by atoms with van der Waals surface area (Å²) in [7, 11) is 2.16. The molecule has 1 aliphatic heterocycles. The highest BCUT2D eigenvalue weighted by Gasteiger charge is 2.18. The van der Waals surface area contributed by atoms with Gasteiger partial charge in [0.1, 0.15) is 0 Å². The molecule has 0 unspecified atom stereocenters. The van der Waals surface area contributed by atoms with E-state index < -0.39 is 0 Å². The van der Waals surface area contributed by atoms with Gasteiger partial charge in [0.15, 0.2) is 0 Å². The van der Waals surface area contributed by atoms with Crippen molar-refractivity contribution in [3.8, 4) is 0 Å². The largest absolute Gasteiger partial charge is 0.344 e. The van der Waals surface area contributed by atoms with Crippen molar-refractivity contribution in [2.75, 3.05) is 11.9 Å². The number of anilines is 1. The monoisotopic (exact) mass is 223 g/mol. The minimum atomic E-state index is 1.15. The summed E-state index contributed by atoms with van der Waals surface area (Å²) in [6.45, 7) is 2.21. The highest BCUT2D eigenvalue weighted by Crippen LogP contribution is 2.36. The van der Waals surface area contributed by atoms with Crippen LogP contribution < -0.4 is 4.90 Å². The molecule has 1 aromatic rings. The Morgan fingerprint density at radius 2 is 2.00 bits per heavy atom. The molecular formula is C16H17N. The second-order valence-electron chi connectivity index (χ2n) is 4.76. The van der Waals surface area contributed by atoms with Crippen LogP contribution in [0.3, 0.4) is 0 Å². The highest BCUT2D eigenvalue weighted by molar-refractivity contribution is 5.81. The van der Waals surface area contributed by atoms with Crippen LogP contribution in [0.2, 0.25) is 0 Å². The second kappa shape index (κ2) is 3.92. The molecular weight excluding hydrogens is 206 g/mol. The average Bonchev–Trinajstić information content (AvgIpc) is 2.48. The van der Waals surface area contributed by atoms with E-state index in [2.05, 4.69) is 61.4 Å². The lowest BCUT2D eigenvalue weighted by Gasteiger charge is -2.24. The number of hydrogen-bond donors (Lipinski definition) is 0. The summed E-state index contributed by atoms with van der Waals surface area (Å²) >= 11 is 0. The van der Waals surface area contributed by atoms with Gasteiger partial charge in [-0.1, -0.05) is 30.4 Å². The third-order valence-electron chi connectivity index (χ3n) is 3.63. The molecule has 3 rings (SSSR count). The minimum Gasteiger partial charge on any atom is -0.344 e. The second-order valence-corrected chi connectivity index (χ2v) is 4.76. The van der Waals surface area contributed by atoms with Crippen LogP contribution in [-0.4, -0.2) is 7.05 Å². The lowest BCUT2D eigenvalue weighted by molar-refractivity contribution is 0.944. The van der Waals surface area contributed by atoms with Crippen LogP contribution in [0.1, 0.15) is 25.3 Å². The Morgan fingerprint density at radius 3 is 2.88 bits per heavy atom. The first-order chi connectivity index (χ1) is 8.27. The Balaban J connectivity index is 2.23. The van der Waals surface area contributed by atoms with Gasteiger partial charge >= 0.3 is 0 Å². The molecule has 0 amide bonds. The van der Waals surface area contributed by atoms with Gasteiger partial charge in [-0.3, -0.25) is 0 Å².